The van der Waals surface area contributed by atoms with Crippen LogP contribution in [-0.2, 0) is 37.8 Å². The van der Waals surface area contributed by atoms with Crippen LogP contribution in [0.2, 0.25) is 5.02 Å². The van der Waals surface area contributed by atoms with Crippen molar-refractivity contribution in [1.29, 1.82) is 0 Å². The van der Waals surface area contributed by atoms with Crippen LogP contribution in [0.5, 0.6) is 5.75 Å². The smallest absolute Gasteiger partial charge is 0.264 e. The number of nitrogens with zero attached hydrogens (tertiary/aromatic N) is 1. The van der Waals surface area contributed by atoms with Gasteiger partial charge in [0.1, 0.15) is 5.75 Å². The van der Waals surface area contributed by atoms with Crippen molar-refractivity contribution >= 4 is 33.2 Å². The summed E-state index contributed by atoms with van der Waals surface area (Å²) in [6, 6.07) is 20.2. The lowest BCUT2D eigenvalue weighted by molar-refractivity contribution is -0.118. The molecule has 1 saturated carbocycles. The summed E-state index contributed by atoms with van der Waals surface area (Å²) in [7, 11) is -2.35. The Labute approximate surface area is 253 Å². The van der Waals surface area contributed by atoms with E-state index >= 15 is 0 Å². The zero-order chi connectivity index (χ0) is 29.3. The third-order valence-electron chi connectivity index (χ3n) is 9.19. The zero-order valence-corrected chi connectivity index (χ0v) is 25.4. The predicted octanol–water partition coefficient (Wildman–Crippen LogP) is 5.53. The van der Waals surface area contributed by atoms with Crippen molar-refractivity contribution in [3.8, 4) is 5.75 Å². The van der Waals surface area contributed by atoms with Crippen LogP contribution in [0, 0.1) is 11.8 Å². The van der Waals surface area contributed by atoms with Crippen LogP contribution in [0.15, 0.2) is 71.6 Å². The van der Waals surface area contributed by atoms with Gasteiger partial charge in [0.15, 0.2) is 0 Å². The number of nitrogens with one attached hydrogen (secondary N) is 1. The molecule has 2 aliphatic carbocycles. The fraction of sp³-hybridized carbons (Fsp3) is 0.424. The van der Waals surface area contributed by atoms with E-state index in [9.17, 15) is 13.2 Å². The summed E-state index contributed by atoms with van der Waals surface area (Å²) in [5, 5.41) is 0.738. The molecule has 3 atom stereocenters. The van der Waals surface area contributed by atoms with Gasteiger partial charge in [0.25, 0.3) is 10.0 Å². The average Bonchev–Trinajstić information content (AvgIpc) is 3.11. The number of hydrogen-bond acceptors (Lipinski definition) is 6. The number of carbonyl (C=O) groups is 1. The quantitative estimate of drug-likeness (QED) is 0.362. The van der Waals surface area contributed by atoms with E-state index in [1.54, 1.807) is 31.4 Å². The van der Waals surface area contributed by atoms with Gasteiger partial charge in [0.2, 0.25) is 5.91 Å². The predicted molar refractivity (Wildman–Crippen MR) is 164 cm³/mol. The van der Waals surface area contributed by atoms with E-state index in [0.717, 1.165) is 61.5 Å². The van der Waals surface area contributed by atoms with Crippen LogP contribution >= 0.6 is 11.6 Å². The number of sulfonamides is 1. The van der Waals surface area contributed by atoms with Crippen molar-refractivity contribution < 1.29 is 22.7 Å². The first-order valence-electron chi connectivity index (χ1n) is 14.7. The SMILES string of the molecule is COC[C@@H]1CC[C@H]1CN1C[C@@]2(CCCc3cc(Cl)ccc32)COc2ccc(S(=O)(=O)NC(=O)Cc3ccccc3)cc21. The van der Waals surface area contributed by atoms with Gasteiger partial charge in [-0.15, -0.1) is 0 Å². The number of rotatable bonds is 8. The van der Waals surface area contributed by atoms with E-state index in [1.165, 1.54) is 17.2 Å². The van der Waals surface area contributed by atoms with Crippen LogP contribution in [0.4, 0.5) is 5.69 Å². The molecule has 3 aromatic carbocycles. The molecular weight excluding hydrogens is 572 g/mol. The van der Waals surface area contributed by atoms with E-state index in [4.69, 9.17) is 21.1 Å². The molecule has 1 spiro atoms. The molecule has 0 saturated heterocycles. The molecule has 1 aliphatic heterocycles. The van der Waals surface area contributed by atoms with Crippen LogP contribution in [0.1, 0.15) is 42.4 Å². The van der Waals surface area contributed by atoms with Crippen molar-refractivity contribution in [2.45, 2.75) is 48.8 Å². The van der Waals surface area contributed by atoms with Gasteiger partial charge < -0.3 is 14.4 Å². The standard InChI is InChI=1S/C33H37ClN2O5S/c1-40-20-26-10-9-25(26)19-36-21-33(15-5-8-24-17-27(34)11-13-29(24)33)22-41-31-14-12-28(18-30(31)36)42(38,39)35-32(37)16-23-6-3-2-4-7-23/h2-4,6-7,11-14,17-18,25-26H,5,8-10,15-16,19-22H2,1H3,(H,35,37)/t25-,26-,33-/m0/s1. The molecule has 3 aliphatic rings. The number of halogens is 1. The monoisotopic (exact) mass is 608 g/mol. The van der Waals surface area contributed by atoms with Crippen molar-refractivity contribution in [1.82, 2.24) is 4.72 Å². The topological polar surface area (TPSA) is 84.9 Å². The second kappa shape index (κ2) is 11.9. The lowest BCUT2D eigenvalue weighted by atomic mass is 9.69. The van der Waals surface area contributed by atoms with Gasteiger partial charge in [0, 0.05) is 37.2 Å². The minimum absolute atomic E-state index is 0.0191. The van der Waals surface area contributed by atoms with E-state index in [0.29, 0.717) is 30.7 Å². The molecule has 9 heteroatoms. The molecule has 0 radical (unpaired) electrons. The Kier molecular flexibility index (Phi) is 8.22. The summed E-state index contributed by atoms with van der Waals surface area (Å²) in [6.07, 6.45) is 5.20. The number of fused-ring (bicyclic) bond motifs is 3. The van der Waals surface area contributed by atoms with Crippen molar-refractivity contribution in [3.05, 3.63) is 88.4 Å². The number of anilines is 1. The maximum absolute atomic E-state index is 13.4. The van der Waals surface area contributed by atoms with Crippen molar-refractivity contribution in [2.24, 2.45) is 11.8 Å². The van der Waals surface area contributed by atoms with Gasteiger partial charge >= 0.3 is 0 Å². The molecule has 1 N–H and O–H groups in total. The Morgan fingerprint density at radius 2 is 1.90 bits per heavy atom. The second-order valence-corrected chi connectivity index (χ2v) is 14.1. The van der Waals surface area contributed by atoms with E-state index in [1.807, 2.05) is 24.3 Å². The van der Waals surface area contributed by atoms with Crippen LogP contribution < -0.4 is 14.4 Å². The third kappa shape index (κ3) is 5.90. The largest absolute Gasteiger partial charge is 0.490 e. The van der Waals surface area contributed by atoms with Gasteiger partial charge in [-0.2, -0.15) is 0 Å². The Hall–Kier alpha value is -3.07. The summed E-state index contributed by atoms with van der Waals surface area (Å²) < 4.78 is 41.1. The molecule has 0 unspecified atom stereocenters. The first-order valence-corrected chi connectivity index (χ1v) is 16.5. The van der Waals surface area contributed by atoms with Gasteiger partial charge in [0.05, 0.1) is 23.6 Å². The Balaban J connectivity index is 1.32. The van der Waals surface area contributed by atoms with E-state index in [-0.39, 0.29) is 16.7 Å². The fourth-order valence-corrected chi connectivity index (χ4v) is 8.08. The highest BCUT2D eigenvalue weighted by molar-refractivity contribution is 7.90. The maximum atomic E-state index is 13.4. The molecule has 7 nitrogen and oxygen atoms in total. The summed E-state index contributed by atoms with van der Waals surface area (Å²) in [4.78, 5) is 15.1. The molecule has 0 bridgehead atoms. The number of aryl methyl sites for hydroxylation is 1. The van der Waals surface area contributed by atoms with Gasteiger partial charge in [-0.05, 0) is 91.0 Å². The van der Waals surface area contributed by atoms with Gasteiger partial charge in [-0.1, -0.05) is 48.0 Å². The second-order valence-electron chi connectivity index (χ2n) is 12.0. The molecule has 3 aromatic rings. The highest BCUT2D eigenvalue weighted by atomic mass is 35.5. The maximum Gasteiger partial charge on any atom is 0.264 e. The molecule has 1 fully saturated rings. The molecule has 6 rings (SSSR count). The van der Waals surface area contributed by atoms with Crippen LogP contribution in [-0.4, -0.2) is 47.7 Å². The highest BCUT2D eigenvalue weighted by Gasteiger charge is 2.43. The molecule has 1 heterocycles. The third-order valence-corrected chi connectivity index (χ3v) is 10.8. The average molecular weight is 609 g/mol. The van der Waals surface area contributed by atoms with Crippen LogP contribution in [0.25, 0.3) is 0 Å². The fourth-order valence-electron chi connectivity index (χ4n) is 6.88. The number of amides is 1. The zero-order valence-electron chi connectivity index (χ0n) is 23.9. The van der Waals surface area contributed by atoms with Crippen molar-refractivity contribution in [2.75, 3.05) is 38.3 Å². The van der Waals surface area contributed by atoms with Gasteiger partial charge in [-0.25, -0.2) is 13.1 Å². The minimum atomic E-state index is -4.09. The number of ether oxygens (including phenoxy) is 2. The summed E-state index contributed by atoms with van der Waals surface area (Å²) >= 11 is 6.38. The Bertz CT molecular complexity index is 1560. The first-order chi connectivity index (χ1) is 20.3. The van der Waals surface area contributed by atoms with E-state index < -0.39 is 15.9 Å². The molecule has 1 amide bonds. The number of hydrogen-bond donors (Lipinski definition) is 1. The van der Waals surface area contributed by atoms with Crippen molar-refractivity contribution in [3.63, 3.8) is 0 Å². The van der Waals surface area contributed by atoms with Gasteiger partial charge in [-0.3, -0.25) is 4.79 Å². The molecule has 222 valence electrons. The number of methoxy groups -OCH3 is 1. The minimum Gasteiger partial charge on any atom is -0.490 e. The lowest BCUT2D eigenvalue weighted by Gasteiger charge is -2.44. The summed E-state index contributed by atoms with van der Waals surface area (Å²) in [5.74, 6) is 0.995. The molecule has 42 heavy (non-hydrogen) atoms. The lowest BCUT2D eigenvalue weighted by Crippen LogP contribution is -2.48. The summed E-state index contributed by atoms with van der Waals surface area (Å²) in [6.45, 7) is 2.70. The normalized spacial score (nSPS) is 23.2. The Morgan fingerprint density at radius 3 is 2.67 bits per heavy atom. The Morgan fingerprint density at radius 1 is 1.10 bits per heavy atom. The molecule has 0 aromatic heterocycles. The highest BCUT2D eigenvalue weighted by Crippen LogP contribution is 2.46. The molecular formula is C33H37ClN2O5S. The van der Waals surface area contributed by atoms with Crippen LogP contribution in [0.3, 0.4) is 0 Å². The van der Waals surface area contributed by atoms with E-state index in [2.05, 4.69) is 21.8 Å². The summed E-state index contributed by atoms with van der Waals surface area (Å²) in [5.41, 5.74) is 3.76. The first kappa shape index (κ1) is 29.0. The number of benzene rings is 3. The number of carbonyl (C=O) groups excluding carboxylic acids is 1.